The van der Waals surface area contributed by atoms with Gasteiger partial charge in [0.25, 0.3) is 0 Å². The summed E-state index contributed by atoms with van der Waals surface area (Å²) in [5.74, 6) is 0.194. The van der Waals surface area contributed by atoms with Crippen LogP contribution < -0.4 is 0 Å². The third-order valence-electron chi connectivity index (χ3n) is 1.00. The van der Waals surface area contributed by atoms with Crippen molar-refractivity contribution in [2.24, 2.45) is 0 Å². The Bertz CT molecular complexity index is 226. The monoisotopic (exact) mass is 135 g/mol. The standard InChI is InChI=1S/C7H7N2O/c1-2-3-6(10)7-8-4-5-9-7/h2-5H,1H2,(H,8,9). The summed E-state index contributed by atoms with van der Waals surface area (Å²) in [6.07, 6.45) is 5.93. The molecule has 1 radical (unpaired) electrons. The van der Waals surface area contributed by atoms with Crippen LogP contribution in [0.25, 0.3) is 0 Å². The zero-order chi connectivity index (χ0) is 7.40. The van der Waals surface area contributed by atoms with Gasteiger partial charge in [-0.1, -0.05) is 6.08 Å². The van der Waals surface area contributed by atoms with Crippen LogP contribution in [-0.4, -0.2) is 15.8 Å². The average Bonchev–Trinajstić information content (AvgIpc) is 2.38. The highest BCUT2D eigenvalue weighted by atomic mass is 16.1. The number of hydrogen-bond donors (Lipinski definition) is 1. The minimum Gasteiger partial charge on any atom is -0.342 e. The number of ketones is 1. The van der Waals surface area contributed by atoms with E-state index >= 15 is 0 Å². The summed E-state index contributed by atoms with van der Waals surface area (Å²) in [6, 6.07) is 0. The van der Waals surface area contributed by atoms with Crippen LogP contribution in [0.3, 0.4) is 0 Å². The van der Waals surface area contributed by atoms with Crippen LogP contribution in [0, 0.1) is 6.42 Å². The molecule has 1 rings (SSSR count). The highest BCUT2D eigenvalue weighted by molar-refractivity contribution is 6.00. The SMILES string of the molecule is C=C[CH]C(=O)c1ncc[nH]1. The zero-order valence-corrected chi connectivity index (χ0v) is 5.37. The van der Waals surface area contributed by atoms with Gasteiger partial charge in [0.2, 0.25) is 5.78 Å². The van der Waals surface area contributed by atoms with E-state index in [1.54, 1.807) is 6.20 Å². The number of imidazole rings is 1. The van der Waals surface area contributed by atoms with E-state index in [-0.39, 0.29) is 5.78 Å². The van der Waals surface area contributed by atoms with Crippen LogP contribution in [0.2, 0.25) is 0 Å². The molecule has 0 saturated heterocycles. The van der Waals surface area contributed by atoms with Crippen molar-refractivity contribution in [3.05, 3.63) is 37.3 Å². The predicted molar refractivity (Wildman–Crippen MR) is 37.4 cm³/mol. The normalized spacial score (nSPS) is 9.20. The quantitative estimate of drug-likeness (QED) is 0.628. The van der Waals surface area contributed by atoms with E-state index < -0.39 is 0 Å². The number of nitrogens with one attached hydrogen (secondary N) is 1. The first-order valence-corrected chi connectivity index (χ1v) is 2.84. The molecule has 0 bridgehead atoms. The van der Waals surface area contributed by atoms with Gasteiger partial charge >= 0.3 is 0 Å². The molecule has 10 heavy (non-hydrogen) atoms. The summed E-state index contributed by atoms with van der Waals surface area (Å²) >= 11 is 0. The van der Waals surface area contributed by atoms with E-state index in [1.807, 2.05) is 0 Å². The summed E-state index contributed by atoms with van der Waals surface area (Å²) in [5.41, 5.74) is 0. The van der Waals surface area contributed by atoms with E-state index in [9.17, 15) is 4.79 Å². The molecule has 0 aliphatic rings. The summed E-state index contributed by atoms with van der Waals surface area (Å²) in [5, 5.41) is 0. The highest BCUT2D eigenvalue weighted by Gasteiger charge is 2.03. The lowest BCUT2D eigenvalue weighted by atomic mass is 10.3. The molecular weight excluding hydrogens is 128 g/mol. The van der Waals surface area contributed by atoms with Gasteiger partial charge in [0.15, 0.2) is 5.82 Å². The van der Waals surface area contributed by atoms with Crippen LogP contribution in [0.1, 0.15) is 10.6 Å². The van der Waals surface area contributed by atoms with Crippen LogP contribution in [0.15, 0.2) is 25.0 Å². The van der Waals surface area contributed by atoms with Gasteiger partial charge in [-0.25, -0.2) is 4.98 Å². The number of aromatic amines is 1. The minimum absolute atomic E-state index is 0.153. The molecular formula is C7H7N2O. The van der Waals surface area contributed by atoms with Gasteiger partial charge in [0, 0.05) is 12.4 Å². The number of allylic oxidation sites excluding steroid dienone is 1. The largest absolute Gasteiger partial charge is 0.342 e. The van der Waals surface area contributed by atoms with E-state index in [0.29, 0.717) is 5.82 Å². The molecule has 3 nitrogen and oxygen atoms in total. The topological polar surface area (TPSA) is 45.8 Å². The number of rotatable bonds is 3. The number of carbonyl (C=O) groups excluding carboxylic acids is 1. The molecule has 0 aliphatic heterocycles. The third-order valence-corrected chi connectivity index (χ3v) is 1.00. The molecule has 0 fully saturated rings. The number of Topliss-reactive ketones (excluding diaryl/α,β-unsaturated/α-hetero) is 1. The van der Waals surface area contributed by atoms with Gasteiger partial charge in [0.05, 0.1) is 6.42 Å². The van der Waals surface area contributed by atoms with Crippen molar-refractivity contribution in [1.29, 1.82) is 0 Å². The van der Waals surface area contributed by atoms with Gasteiger partial charge in [0.1, 0.15) is 0 Å². The lowest BCUT2D eigenvalue weighted by molar-refractivity contribution is 0.102. The van der Waals surface area contributed by atoms with Crippen molar-refractivity contribution >= 4 is 5.78 Å². The molecule has 1 heterocycles. The molecule has 1 N–H and O–H groups in total. The smallest absolute Gasteiger partial charge is 0.205 e. The number of carbonyl (C=O) groups is 1. The van der Waals surface area contributed by atoms with Gasteiger partial charge < -0.3 is 4.98 Å². The first-order valence-electron chi connectivity index (χ1n) is 2.84. The van der Waals surface area contributed by atoms with Crippen LogP contribution in [0.5, 0.6) is 0 Å². The third kappa shape index (κ3) is 1.31. The fourth-order valence-electron chi connectivity index (χ4n) is 0.586. The maximum atomic E-state index is 10.9. The minimum atomic E-state index is -0.153. The van der Waals surface area contributed by atoms with Crippen LogP contribution in [-0.2, 0) is 0 Å². The van der Waals surface area contributed by atoms with Crippen molar-refractivity contribution in [3.63, 3.8) is 0 Å². The van der Waals surface area contributed by atoms with Crippen LogP contribution in [0.4, 0.5) is 0 Å². The van der Waals surface area contributed by atoms with Crippen LogP contribution >= 0.6 is 0 Å². The molecule has 1 aromatic heterocycles. The fourth-order valence-corrected chi connectivity index (χ4v) is 0.586. The molecule has 0 saturated carbocycles. The van der Waals surface area contributed by atoms with Gasteiger partial charge in [-0.2, -0.15) is 0 Å². The van der Waals surface area contributed by atoms with Crippen molar-refractivity contribution in [3.8, 4) is 0 Å². The van der Waals surface area contributed by atoms with Crippen molar-refractivity contribution in [2.45, 2.75) is 0 Å². The van der Waals surface area contributed by atoms with E-state index in [4.69, 9.17) is 0 Å². The Morgan fingerprint density at radius 1 is 1.80 bits per heavy atom. The number of nitrogens with zero attached hydrogens (tertiary/aromatic N) is 1. The molecule has 0 unspecified atom stereocenters. The number of H-pyrrole nitrogens is 1. The first-order chi connectivity index (χ1) is 4.84. The van der Waals surface area contributed by atoms with Gasteiger partial charge in [-0.15, -0.1) is 6.58 Å². The molecule has 1 aromatic rings. The molecule has 0 aromatic carbocycles. The molecule has 51 valence electrons. The summed E-state index contributed by atoms with van der Waals surface area (Å²) in [4.78, 5) is 17.3. The van der Waals surface area contributed by atoms with Crippen molar-refractivity contribution < 1.29 is 4.79 Å². The summed E-state index contributed by atoms with van der Waals surface area (Å²) in [7, 11) is 0. The second-order valence-electron chi connectivity index (χ2n) is 1.70. The second-order valence-corrected chi connectivity index (χ2v) is 1.70. The Morgan fingerprint density at radius 3 is 3.10 bits per heavy atom. The molecule has 0 aliphatic carbocycles. The number of aromatic nitrogens is 2. The highest BCUT2D eigenvalue weighted by Crippen LogP contribution is 1.93. The fraction of sp³-hybridized carbons (Fsp3) is 0. The Hall–Kier alpha value is -1.38. The Balaban J connectivity index is 2.68. The van der Waals surface area contributed by atoms with Crippen molar-refractivity contribution in [2.75, 3.05) is 0 Å². The predicted octanol–water partition coefficient (Wildman–Crippen LogP) is 0.983. The summed E-state index contributed by atoms with van der Waals surface area (Å²) in [6.45, 7) is 3.39. The average molecular weight is 135 g/mol. The Labute approximate surface area is 58.8 Å². The summed E-state index contributed by atoms with van der Waals surface area (Å²) < 4.78 is 0. The number of hydrogen-bond acceptors (Lipinski definition) is 2. The zero-order valence-electron chi connectivity index (χ0n) is 5.37. The van der Waals surface area contributed by atoms with Gasteiger partial charge in [-0.05, 0) is 0 Å². The van der Waals surface area contributed by atoms with Crippen molar-refractivity contribution in [1.82, 2.24) is 9.97 Å². The molecule has 0 spiro atoms. The lowest BCUT2D eigenvalue weighted by Gasteiger charge is -1.87. The first kappa shape index (κ1) is 6.74. The molecule has 3 heteroatoms. The van der Waals surface area contributed by atoms with Gasteiger partial charge in [-0.3, -0.25) is 4.79 Å². The maximum Gasteiger partial charge on any atom is 0.205 e. The lowest BCUT2D eigenvalue weighted by Crippen LogP contribution is -1.99. The second kappa shape index (κ2) is 2.96. The van der Waals surface area contributed by atoms with E-state index in [2.05, 4.69) is 16.5 Å². The maximum absolute atomic E-state index is 10.9. The van der Waals surface area contributed by atoms with E-state index in [0.717, 1.165) is 0 Å². The Kier molecular flexibility index (Phi) is 1.99. The molecule has 0 amide bonds. The Morgan fingerprint density at radius 2 is 2.60 bits per heavy atom. The molecule has 0 atom stereocenters. The van der Waals surface area contributed by atoms with E-state index in [1.165, 1.54) is 18.7 Å².